The molecule has 440 valence electrons. The molecule has 4 aliphatic rings. The van der Waals surface area contributed by atoms with Gasteiger partial charge in [-0.15, -0.1) is 0 Å². The summed E-state index contributed by atoms with van der Waals surface area (Å²) in [5.74, 6) is -1.03. The summed E-state index contributed by atoms with van der Waals surface area (Å²) in [5.41, 5.74) is 3.75. The van der Waals surface area contributed by atoms with Gasteiger partial charge in [0.15, 0.2) is 35.5 Å². The first-order chi connectivity index (χ1) is 39.4. The average molecular weight is 1150 g/mol. The second-order valence-electron chi connectivity index (χ2n) is 20.8. The minimum absolute atomic E-state index is 0.0622. The van der Waals surface area contributed by atoms with Crippen molar-refractivity contribution in [2.24, 2.45) is 4.99 Å². The summed E-state index contributed by atoms with van der Waals surface area (Å²) in [6.07, 6.45) is 5.81. The lowest BCUT2D eigenvalue weighted by atomic mass is 10.1. The molecule has 0 aromatic heterocycles. The van der Waals surface area contributed by atoms with Crippen molar-refractivity contribution in [3.63, 3.8) is 0 Å². The van der Waals surface area contributed by atoms with Gasteiger partial charge < -0.3 is 49.6 Å². The van der Waals surface area contributed by atoms with Crippen molar-refractivity contribution in [3.05, 3.63) is 89.5 Å². The second-order valence-corrected chi connectivity index (χ2v) is 21.4. The third-order valence-corrected chi connectivity index (χ3v) is 15.0. The highest BCUT2D eigenvalue weighted by atomic mass is 32.1. The van der Waals surface area contributed by atoms with E-state index in [-0.39, 0.29) is 98.6 Å². The zero-order valence-corrected chi connectivity index (χ0v) is 47.8. The van der Waals surface area contributed by atoms with Gasteiger partial charge in [0, 0.05) is 68.1 Å². The van der Waals surface area contributed by atoms with Crippen molar-refractivity contribution in [3.8, 4) is 23.0 Å². The summed E-state index contributed by atoms with van der Waals surface area (Å²) in [4.78, 5) is 113. The van der Waals surface area contributed by atoms with Gasteiger partial charge in [-0.05, 0) is 88.2 Å². The van der Waals surface area contributed by atoms with Gasteiger partial charge >= 0.3 is 6.09 Å². The van der Waals surface area contributed by atoms with Gasteiger partial charge in [-0.2, -0.15) is 12.6 Å². The van der Waals surface area contributed by atoms with Crippen LogP contribution in [0, 0.1) is 0 Å². The van der Waals surface area contributed by atoms with Crippen LogP contribution in [0.5, 0.6) is 23.0 Å². The molecule has 3 fully saturated rings. The first-order valence-electron chi connectivity index (χ1n) is 27.6. The molecule has 0 bridgehead atoms. The molecular formula is C59H74N8O14S. The number of anilines is 2. The van der Waals surface area contributed by atoms with E-state index in [1.807, 2.05) is 20.2 Å². The Morgan fingerprint density at radius 3 is 2.18 bits per heavy atom. The molecule has 0 aliphatic carbocycles. The largest absolute Gasteiger partial charge is 0.493 e. The summed E-state index contributed by atoms with van der Waals surface area (Å²) in [7, 11) is 4.94. The zero-order chi connectivity index (χ0) is 59.0. The van der Waals surface area contributed by atoms with Crippen LogP contribution in [0.2, 0.25) is 0 Å². The molecule has 0 radical (unpaired) electrons. The van der Waals surface area contributed by atoms with E-state index in [1.165, 1.54) is 36.2 Å². The molecule has 3 saturated heterocycles. The molecule has 22 nitrogen and oxygen atoms in total. The Morgan fingerprint density at radius 2 is 1.54 bits per heavy atom. The second kappa shape index (κ2) is 29.3. The first-order valence-corrected chi connectivity index (χ1v) is 28.1. The predicted molar refractivity (Wildman–Crippen MR) is 309 cm³/mol. The predicted octanol–water partition coefficient (Wildman–Crippen LogP) is 6.31. The Morgan fingerprint density at radius 1 is 0.854 bits per heavy atom. The van der Waals surface area contributed by atoms with Crippen molar-refractivity contribution >= 4 is 83.7 Å². The molecule has 4 aliphatic heterocycles. The number of aliphatic hydroxyl groups excluding tert-OH is 1. The number of ether oxygens (including phenoxy) is 5. The minimum atomic E-state index is -1.53. The number of methoxy groups -OCH3 is 2. The number of fused-ring (bicyclic) bond motifs is 2. The number of rotatable bonds is 28. The van der Waals surface area contributed by atoms with Crippen molar-refractivity contribution in [1.82, 2.24) is 25.3 Å². The molecule has 3 aromatic carbocycles. The van der Waals surface area contributed by atoms with E-state index < -0.39 is 47.4 Å². The zero-order valence-electron chi connectivity index (χ0n) is 46.9. The first kappa shape index (κ1) is 61.9. The fraction of sp³-hybridized carbons (Fsp3) is 0.475. The maximum atomic E-state index is 14.2. The maximum Gasteiger partial charge on any atom is 0.416 e. The number of hydrogen-bond acceptors (Lipinski definition) is 17. The van der Waals surface area contributed by atoms with Crippen LogP contribution in [0.15, 0.2) is 77.8 Å². The molecule has 3 aromatic rings. The number of unbranched alkanes of at least 4 members (excludes halogenated alkanes) is 4. The molecule has 4 heterocycles. The average Bonchev–Trinajstić information content (AvgIpc) is 3.83. The normalized spacial score (nSPS) is 19.2. The standard InChI is InChI=1S/C59H74N8O14S/c1-7-14-43(63-53(70)31-61-52(69)15-10-8-11-20-65-54(71)29-51(82)58(65)75)55(72)62-40-18-16-38(17-19-40)35-81-59(76)67-45-28-50(48(78-6)26-42(45)56(73)66-33-37(3)24-46(66)57(67)74)80-22-13-9-12-21-79-49-27-44(39(34-68)25-47(49)77-5)60-30-41-23-36(2)32-64(41)4/h16-19,25-28,30,34,41,43,46,51,57,74,82H,2-3,7-15,20-24,29,31-33,35H2,1,4-6H3,(H,61,69)(H,62,72)(H,63,70). The van der Waals surface area contributed by atoms with Crippen molar-refractivity contribution in [2.45, 2.75) is 120 Å². The summed E-state index contributed by atoms with van der Waals surface area (Å²) in [5, 5.41) is 19.4. The number of hydrogen-bond donors (Lipinski definition) is 5. The maximum absolute atomic E-state index is 14.2. The van der Waals surface area contributed by atoms with Crippen molar-refractivity contribution in [2.75, 3.05) is 70.9 Å². The summed E-state index contributed by atoms with van der Waals surface area (Å²) >= 11 is 4.12. The Balaban J connectivity index is 0.906. The van der Waals surface area contributed by atoms with Crippen LogP contribution in [0.1, 0.15) is 110 Å². The molecule has 0 spiro atoms. The van der Waals surface area contributed by atoms with Gasteiger partial charge in [0.2, 0.25) is 29.5 Å². The lowest BCUT2D eigenvalue weighted by Gasteiger charge is -2.31. The number of imide groups is 1. The van der Waals surface area contributed by atoms with Crippen LogP contribution in [-0.2, 0) is 35.3 Å². The van der Waals surface area contributed by atoms with Crippen molar-refractivity contribution < 1.29 is 67.1 Å². The quantitative estimate of drug-likeness (QED) is 0.0133. The lowest BCUT2D eigenvalue weighted by Crippen LogP contribution is -2.50. The number of aliphatic hydroxyl groups is 1. The van der Waals surface area contributed by atoms with Crippen LogP contribution in [0.25, 0.3) is 0 Å². The number of nitrogens with one attached hydrogen (secondary N) is 3. The number of benzene rings is 3. The van der Waals surface area contributed by atoms with Gasteiger partial charge in [0.25, 0.3) is 5.91 Å². The number of carbonyl (C=O) groups is 8. The lowest BCUT2D eigenvalue weighted by molar-refractivity contribution is -0.138. The highest BCUT2D eigenvalue weighted by Crippen LogP contribution is 2.42. The van der Waals surface area contributed by atoms with E-state index >= 15 is 0 Å². The van der Waals surface area contributed by atoms with Crippen LogP contribution < -0.4 is 39.8 Å². The van der Waals surface area contributed by atoms with Crippen molar-refractivity contribution in [1.29, 1.82) is 0 Å². The molecule has 4 N–H and O–H groups in total. The summed E-state index contributed by atoms with van der Waals surface area (Å²) < 4.78 is 29.3. The Hall–Kier alpha value is -7.76. The number of amides is 7. The smallest absolute Gasteiger partial charge is 0.416 e. The minimum Gasteiger partial charge on any atom is -0.493 e. The van der Waals surface area contributed by atoms with E-state index in [4.69, 9.17) is 23.7 Å². The summed E-state index contributed by atoms with van der Waals surface area (Å²) in [6.45, 7) is 11.2. The van der Waals surface area contributed by atoms with Crippen LogP contribution in [-0.4, -0.2) is 164 Å². The third kappa shape index (κ3) is 15.8. The fourth-order valence-corrected chi connectivity index (χ4v) is 10.4. The molecule has 23 heteroatoms. The monoisotopic (exact) mass is 1150 g/mol. The number of thiol groups is 1. The Bertz CT molecular complexity index is 2920. The van der Waals surface area contributed by atoms with Gasteiger partial charge in [-0.1, -0.05) is 56.2 Å². The van der Waals surface area contributed by atoms with E-state index in [0.717, 1.165) is 29.7 Å². The molecule has 82 heavy (non-hydrogen) atoms. The fourth-order valence-electron chi connectivity index (χ4n) is 10.1. The number of likely N-dealkylation sites (N-methyl/N-ethyl adjacent to an activating group) is 1. The molecule has 7 rings (SSSR count). The van der Waals surface area contributed by atoms with Crippen LogP contribution in [0.4, 0.5) is 21.9 Å². The van der Waals surface area contributed by atoms with Gasteiger partial charge in [-0.25, -0.2) is 9.69 Å². The number of likely N-dealkylation sites (tertiary alicyclic amines) is 2. The van der Waals surface area contributed by atoms with Gasteiger partial charge in [0.1, 0.15) is 12.6 Å². The molecular weight excluding hydrogens is 1080 g/mol. The topological polar surface area (TPSA) is 264 Å². The molecule has 5 unspecified atom stereocenters. The van der Waals surface area contributed by atoms with E-state index in [2.05, 4.69) is 51.6 Å². The van der Waals surface area contributed by atoms with E-state index in [1.54, 1.807) is 36.4 Å². The number of aldehydes is 1. The Labute approximate surface area is 482 Å². The third-order valence-electron chi connectivity index (χ3n) is 14.6. The molecule has 7 amide bonds. The van der Waals surface area contributed by atoms with E-state index in [0.29, 0.717) is 97.5 Å². The van der Waals surface area contributed by atoms with Gasteiger partial charge in [-0.3, -0.25) is 48.4 Å². The van der Waals surface area contributed by atoms with Crippen LogP contribution in [0.3, 0.4) is 0 Å². The Kier molecular flexibility index (Phi) is 22.1. The number of carbonyl (C=O) groups excluding carboxylic acids is 8. The summed E-state index contributed by atoms with van der Waals surface area (Å²) in [6, 6.07) is 11.1. The van der Waals surface area contributed by atoms with E-state index in [9.17, 15) is 43.5 Å². The van der Waals surface area contributed by atoms with Gasteiger partial charge in [0.05, 0.1) is 62.2 Å². The number of aliphatic imine (C=N–C) groups is 1. The molecule has 5 atom stereocenters. The SMILES string of the molecule is C=C1CC(C=Nc2cc(OCCCCCOc3cc4c(cc3OC)C(=O)N3CC(=C)CC3C(O)N4C(=O)OCc3ccc(NC(=O)C(CCC)NC(=O)CNC(=O)CCCCCN4C(=O)CC(S)C4=O)cc3)c(OC)cc2C=O)N(C)C1. The number of nitrogens with zero attached hydrogens (tertiary/aromatic N) is 5. The highest BCUT2D eigenvalue weighted by Gasteiger charge is 2.46. The highest BCUT2D eigenvalue weighted by molar-refractivity contribution is 7.81. The molecule has 0 saturated carbocycles. The van der Waals surface area contributed by atoms with Crippen LogP contribution >= 0.6 is 12.6 Å².